The zero-order chi connectivity index (χ0) is 17.1. The van der Waals surface area contributed by atoms with E-state index in [0.717, 1.165) is 11.1 Å². The second kappa shape index (κ2) is 6.93. The molecule has 0 saturated carbocycles. The number of benzene rings is 2. The van der Waals surface area contributed by atoms with Crippen molar-refractivity contribution in [1.82, 2.24) is 0 Å². The van der Waals surface area contributed by atoms with Gasteiger partial charge in [0.2, 0.25) is 5.91 Å². The molecule has 0 spiro atoms. The van der Waals surface area contributed by atoms with Gasteiger partial charge in [0, 0.05) is 17.1 Å². The van der Waals surface area contributed by atoms with Gasteiger partial charge in [-0.05, 0) is 48.7 Å². The van der Waals surface area contributed by atoms with Crippen LogP contribution in [0.4, 0.5) is 11.4 Å². The second-order valence-corrected chi connectivity index (χ2v) is 6.09. The molecule has 0 aromatic heterocycles. The molecule has 1 aliphatic rings. The van der Waals surface area contributed by atoms with Crippen molar-refractivity contribution in [2.45, 2.75) is 19.8 Å². The van der Waals surface area contributed by atoms with Crippen LogP contribution in [0.5, 0.6) is 5.75 Å². The summed E-state index contributed by atoms with van der Waals surface area (Å²) in [5.41, 5.74) is 3.25. The Morgan fingerprint density at radius 2 is 2.12 bits per heavy atom. The van der Waals surface area contributed by atoms with E-state index in [0.29, 0.717) is 35.0 Å². The van der Waals surface area contributed by atoms with Gasteiger partial charge in [0.15, 0.2) is 6.61 Å². The molecular weight excluding hydrogens is 328 g/mol. The number of hydrogen-bond acceptors (Lipinski definition) is 3. The number of rotatable bonds is 4. The Bertz CT molecular complexity index is 805. The molecule has 0 unspecified atom stereocenters. The zero-order valence-electron chi connectivity index (χ0n) is 13.2. The predicted octanol–water partition coefficient (Wildman–Crippen LogP) is 3.55. The molecule has 0 aliphatic carbocycles. The maximum atomic E-state index is 12.1. The van der Waals surface area contributed by atoms with E-state index in [9.17, 15) is 9.59 Å². The Morgan fingerprint density at radius 3 is 2.92 bits per heavy atom. The molecule has 5 nitrogen and oxygen atoms in total. The number of ether oxygens (including phenoxy) is 1. The van der Waals surface area contributed by atoms with Gasteiger partial charge in [-0.2, -0.15) is 0 Å². The third-order valence-corrected chi connectivity index (χ3v) is 4.18. The minimum Gasteiger partial charge on any atom is -0.482 e. The molecule has 3 rings (SSSR count). The van der Waals surface area contributed by atoms with Crippen molar-refractivity contribution in [3.63, 3.8) is 0 Å². The van der Waals surface area contributed by atoms with Crippen LogP contribution in [-0.2, 0) is 16.0 Å². The molecule has 0 bridgehead atoms. The maximum Gasteiger partial charge on any atom is 0.262 e. The summed E-state index contributed by atoms with van der Waals surface area (Å²) in [5.74, 6) is 0.388. The average Bonchev–Trinajstić information content (AvgIpc) is 2.56. The molecule has 0 saturated heterocycles. The van der Waals surface area contributed by atoms with Gasteiger partial charge in [-0.1, -0.05) is 23.7 Å². The number of aryl methyl sites for hydroxylation is 2. The number of anilines is 2. The Labute approximate surface area is 145 Å². The van der Waals surface area contributed by atoms with E-state index in [-0.39, 0.29) is 18.4 Å². The molecule has 1 heterocycles. The van der Waals surface area contributed by atoms with E-state index in [4.69, 9.17) is 16.3 Å². The molecule has 0 atom stereocenters. The Kier molecular flexibility index (Phi) is 4.71. The Morgan fingerprint density at radius 1 is 1.29 bits per heavy atom. The van der Waals surface area contributed by atoms with Crippen LogP contribution in [0, 0.1) is 6.92 Å². The number of nitrogens with one attached hydrogen (secondary N) is 2. The van der Waals surface area contributed by atoms with Crippen molar-refractivity contribution in [3.05, 3.63) is 52.5 Å². The highest BCUT2D eigenvalue weighted by Gasteiger charge is 2.16. The van der Waals surface area contributed by atoms with Crippen LogP contribution in [-0.4, -0.2) is 18.4 Å². The van der Waals surface area contributed by atoms with E-state index in [2.05, 4.69) is 10.6 Å². The lowest BCUT2D eigenvalue weighted by Gasteiger charge is -2.18. The molecule has 1 aliphatic heterocycles. The van der Waals surface area contributed by atoms with Crippen LogP contribution in [0.3, 0.4) is 0 Å². The van der Waals surface area contributed by atoms with E-state index < -0.39 is 0 Å². The Hall–Kier alpha value is -2.53. The van der Waals surface area contributed by atoms with Crippen LogP contribution in [0.2, 0.25) is 5.02 Å². The van der Waals surface area contributed by atoms with Crippen LogP contribution in [0.1, 0.15) is 17.5 Å². The molecule has 2 amide bonds. The highest BCUT2D eigenvalue weighted by Crippen LogP contribution is 2.29. The monoisotopic (exact) mass is 344 g/mol. The summed E-state index contributed by atoms with van der Waals surface area (Å²) in [6.45, 7) is 1.94. The SMILES string of the molecule is Cc1ccc(NC(=O)CCc2ccc3c(c2)NC(=O)CO3)cc1Cl. The highest BCUT2D eigenvalue weighted by atomic mass is 35.5. The molecule has 0 radical (unpaired) electrons. The van der Waals surface area contributed by atoms with Crippen molar-refractivity contribution >= 4 is 34.8 Å². The van der Waals surface area contributed by atoms with Crippen LogP contribution in [0.15, 0.2) is 36.4 Å². The van der Waals surface area contributed by atoms with E-state index in [1.54, 1.807) is 6.07 Å². The molecule has 24 heavy (non-hydrogen) atoms. The van der Waals surface area contributed by atoms with Gasteiger partial charge in [0.05, 0.1) is 5.69 Å². The lowest BCUT2D eigenvalue weighted by atomic mass is 10.1. The summed E-state index contributed by atoms with van der Waals surface area (Å²) in [6.07, 6.45) is 0.896. The van der Waals surface area contributed by atoms with Crippen LogP contribution < -0.4 is 15.4 Å². The standard InChI is InChI=1S/C18H17ClN2O3/c1-11-2-5-13(9-14(11)19)20-17(22)7-4-12-3-6-16-15(8-12)21-18(23)10-24-16/h2-3,5-6,8-9H,4,7,10H2,1H3,(H,20,22)(H,21,23). The number of carbonyl (C=O) groups excluding carboxylic acids is 2. The summed E-state index contributed by atoms with van der Waals surface area (Å²) < 4.78 is 5.31. The maximum absolute atomic E-state index is 12.1. The fraction of sp³-hybridized carbons (Fsp3) is 0.222. The number of amides is 2. The minimum absolute atomic E-state index is 0.0356. The van der Waals surface area contributed by atoms with Gasteiger partial charge in [-0.25, -0.2) is 0 Å². The van der Waals surface area contributed by atoms with Crippen molar-refractivity contribution in [3.8, 4) is 5.75 Å². The normalized spacial score (nSPS) is 12.8. The molecule has 0 fully saturated rings. The first-order chi connectivity index (χ1) is 11.5. The first kappa shape index (κ1) is 16.3. The summed E-state index contributed by atoms with van der Waals surface area (Å²) >= 11 is 6.05. The summed E-state index contributed by atoms with van der Waals surface area (Å²) in [5, 5.41) is 6.22. The third kappa shape index (κ3) is 3.86. The molecule has 124 valence electrons. The summed E-state index contributed by atoms with van der Waals surface area (Å²) in [4.78, 5) is 23.4. The van der Waals surface area contributed by atoms with Gasteiger partial charge < -0.3 is 15.4 Å². The van der Waals surface area contributed by atoms with E-state index in [1.807, 2.05) is 37.3 Å². The largest absolute Gasteiger partial charge is 0.482 e. The average molecular weight is 345 g/mol. The lowest BCUT2D eigenvalue weighted by Crippen LogP contribution is -2.25. The number of carbonyl (C=O) groups is 2. The lowest BCUT2D eigenvalue weighted by molar-refractivity contribution is -0.118. The van der Waals surface area contributed by atoms with Gasteiger partial charge in [-0.3, -0.25) is 9.59 Å². The molecule has 2 aromatic carbocycles. The number of halogens is 1. The second-order valence-electron chi connectivity index (χ2n) is 5.68. The molecular formula is C18H17ClN2O3. The van der Waals surface area contributed by atoms with Crippen LogP contribution >= 0.6 is 11.6 Å². The van der Waals surface area contributed by atoms with Gasteiger partial charge in [0.1, 0.15) is 5.75 Å². The van der Waals surface area contributed by atoms with Crippen molar-refractivity contribution in [2.24, 2.45) is 0 Å². The number of fused-ring (bicyclic) bond motifs is 1. The molecule has 2 aromatic rings. The van der Waals surface area contributed by atoms with Gasteiger partial charge in [0.25, 0.3) is 5.91 Å². The first-order valence-corrected chi connectivity index (χ1v) is 8.00. The van der Waals surface area contributed by atoms with Crippen LogP contribution in [0.25, 0.3) is 0 Å². The fourth-order valence-electron chi connectivity index (χ4n) is 2.44. The van der Waals surface area contributed by atoms with Crippen molar-refractivity contribution in [1.29, 1.82) is 0 Å². The molecule has 2 N–H and O–H groups in total. The van der Waals surface area contributed by atoms with Gasteiger partial charge in [-0.15, -0.1) is 0 Å². The van der Waals surface area contributed by atoms with Crippen molar-refractivity contribution < 1.29 is 14.3 Å². The van der Waals surface area contributed by atoms with Gasteiger partial charge >= 0.3 is 0 Å². The third-order valence-electron chi connectivity index (χ3n) is 3.77. The molecule has 6 heteroatoms. The minimum atomic E-state index is -0.173. The quantitative estimate of drug-likeness (QED) is 0.891. The number of hydrogen-bond donors (Lipinski definition) is 2. The smallest absolute Gasteiger partial charge is 0.262 e. The fourth-order valence-corrected chi connectivity index (χ4v) is 2.62. The predicted molar refractivity (Wildman–Crippen MR) is 93.7 cm³/mol. The van der Waals surface area contributed by atoms with E-state index >= 15 is 0 Å². The highest BCUT2D eigenvalue weighted by molar-refractivity contribution is 6.31. The summed E-state index contributed by atoms with van der Waals surface area (Å²) in [7, 11) is 0. The van der Waals surface area contributed by atoms with E-state index in [1.165, 1.54) is 0 Å². The first-order valence-electron chi connectivity index (χ1n) is 7.63. The van der Waals surface area contributed by atoms with Crippen molar-refractivity contribution in [2.75, 3.05) is 17.2 Å². The topological polar surface area (TPSA) is 67.4 Å². The summed E-state index contributed by atoms with van der Waals surface area (Å²) in [6, 6.07) is 11.0. The zero-order valence-corrected chi connectivity index (χ0v) is 13.9. The Balaban J connectivity index is 1.59.